The van der Waals surface area contributed by atoms with Gasteiger partial charge in [0.2, 0.25) is 0 Å². The number of benzene rings is 3. The maximum atomic E-state index is 13.6. The summed E-state index contributed by atoms with van der Waals surface area (Å²) in [6, 6.07) is 15.9. The zero-order valence-electron chi connectivity index (χ0n) is 21.3. The second-order valence-corrected chi connectivity index (χ2v) is 10.8. The van der Waals surface area contributed by atoms with E-state index in [1.54, 1.807) is 0 Å². The molecular weight excluding hydrogens is 591 g/mol. The van der Waals surface area contributed by atoms with Crippen LogP contribution in [0.4, 0.5) is 0 Å². The number of carbonyl (C=O) groups is 5. The second-order valence-electron chi connectivity index (χ2n) is 9.48. The number of imide groups is 1. The number of carbonyl (C=O) groups excluding carboxylic acids is 5. The molecule has 0 N–H and O–H groups in total. The number of hydrazine groups is 1. The lowest BCUT2D eigenvalue weighted by Crippen LogP contribution is -2.52. The summed E-state index contributed by atoms with van der Waals surface area (Å²) in [5, 5.41) is 2.59. The molecule has 1 heterocycles. The number of esters is 1. The average molecular weight is 612 g/mol. The topological polar surface area (TPSA) is 101 Å². The van der Waals surface area contributed by atoms with E-state index in [-0.39, 0.29) is 27.5 Å². The summed E-state index contributed by atoms with van der Waals surface area (Å²) in [5.41, 5.74) is 0.434. The molecule has 2 aliphatic rings. The van der Waals surface area contributed by atoms with Crippen molar-refractivity contribution in [2.75, 3.05) is 6.54 Å². The van der Waals surface area contributed by atoms with E-state index < -0.39 is 47.9 Å². The van der Waals surface area contributed by atoms with Crippen molar-refractivity contribution in [1.82, 2.24) is 10.0 Å². The Labute approximate surface area is 250 Å². The number of halogens is 3. The number of hydrogen-bond acceptors (Lipinski definition) is 6. The molecule has 11 heteroatoms. The van der Waals surface area contributed by atoms with Crippen molar-refractivity contribution in [2.45, 2.75) is 12.8 Å². The fraction of sp³-hybridized carbons (Fsp3) is 0.167. The quantitative estimate of drug-likeness (QED) is 0.106. The summed E-state index contributed by atoms with van der Waals surface area (Å²) in [6.07, 6.45) is 4.43. The van der Waals surface area contributed by atoms with E-state index in [1.807, 2.05) is 12.2 Å². The molecule has 2 atom stereocenters. The summed E-state index contributed by atoms with van der Waals surface area (Å²) < 4.78 is 5.35. The van der Waals surface area contributed by atoms with Crippen LogP contribution in [0.3, 0.4) is 0 Å². The lowest BCUT2D eigenvalue weighted by atomic mass is 9.85. The van der Waals surface area contributed by atoms with Gasteiger partial charge in [-0.1, -0.05) is 47.0 Å². The van der Waals surface area contributed by atoms with Crippen molar-refractivity contribution in [3.8, 4) is 5.75 Å². The minimum atomic E-state index is -0.715. The minimum absolute atomic E-state index is 0.114. The molecule has 1 aliphatic heterocycles. The van der Waals surface area contributed by atoms with Gasteiger partial charge in [-0.2, -0.15) is 5.01 Å². The SMILES string of the molecule is O=C(CN(C(=O)c1ccc(Cl)cc1)N1C(=O)[C@@H]2CC=CC[C@H]2C1=O)c1ccc(OC(=O)c2ccc(Cl)cc2Cl)cc1. The monoisotopic (exact) mass is 610 g/mol. The van der Waals surface area contributed by atoms with Crippen LogP contribution in [0.25, 0.3) is 0 Å². The smallest absolute Gasteiger partial charge is 0.345 e. The van der Waals surface area contributed by atoms with Crippen LogP contribution in [0.15, 0.2) is 78.9 Å². The molecule has 0 spiro atoms. The van der Waals surface area contributed by atoms with Gasteiger partial charge in [-0.25, -0.2) is 9.80 Å². The predicted molar refractivity (Wildman–Crippen MR) is 152 cm³/mol. The lowest BCUT2D eigenvalue weighted by molar-refractivity contribution is -0.154. The number of fused-ring (bicyclic) bond motifs is 1. The highest BCUT2D eigenvalue weighted by molar-refractivity contribution is 6.36. The number of rotatable bonds is 7. The standard InChI is InChI=1S/C30H21Cl3N2O6/c31-19-9-5-18(6-10-19)27(37)34(35-28(38)22-3-1-2-4-23(22)29(35)39)16-26(36)17-7-12-21(13-8-17)41-30(40)24-14-11-20(32)15-25(24)33/h1-2,5-15,22-23H,3-4,16H2/t22-,23-/m1/s1. The molecule has 0 saturated carbocycles. The van der Waals surface area contributed by atoms with Gasteiger partial charge in [0.1, 0.15) is 12.3 Å². The maximum Gasteiger partial charge on any atom is 0.345 e. The predicted octanol–water partition coefficient (Wildman–Crippen LogP) is 6.06. The van der Waals surface area contributed by atoms with Crippen LogP contribution in [-0.2, 0) is 9.59 Å². The summed E-state index contributed by atoms with van der Waals surface area (Å²) in [5.74, 6) is -4.04. The highest BCUT2D eigenvalue weighted by Crippen LogP contribution is 2.36. The summed E-state index contributed by atoms with van der Waals surface area (Å²) in [4.78, 5) is 66.0. The molecule has 0 radical (unpaired) electrons. The Morgan fingerprint density at radius 1 is 0.780 bits per heavy atom. The Kier molecular flexibility index (Phi) is 8.26. The molecule has 1 saturated heterocycles. The number of ether oxygens (including phenoxy) is 1. The minimum Gasteiger partial charge on any atom is -0.423 e. The maximum absolute atomic E-state index is 13.6. The van der Waals surface area contributed by atoms with E-state index in [2.05, 4.69) is 0 Å². The number of ketones is 1. The molecule has 208 valence electrons. The van der Waals surface area contributed by atoms with Gasteiger partial charge in [-0.05, 0) is 79.6 Å². The second kappa shape index (κ2) is 11.9. The summed E-state index contributed by atoms with van der Waals surface area (Å²) >= 11 is 17.9. The van der Waals surface area contributed by atoms with E-state index >= 15 is 0 Å². The first-order valence-electron chi connectivity index (χ1n) is 12.5. The van der Waals surface area contributed by atoms with E-state index in [9.17, 15) is 24.0 Å². The number of hydrogen-bond donors (Lipinski definition) is 0. The van der Waals surface area contributed by atoms with Crippen LogP contribution in [0.5, 0.6) is 5.75 Å². The molecule has 0 bridgehead atoms. The molecule has 3 amide bonds. The average Bonchev–Trinajstić information content (AvgIpc) is 3.21. The lowest BCUT2D eigenvalue weighted by Gasteiger charge is -2.30. The fourth-order valence-corrected chi connectivity index (χ4v) is 5.36. The zero-order valence-corrected chi connectivity index (χ0v) is 23.5. The first-order chi connectivity index (χ1) is 19.6. The summed E-state index contributed by atoms with van der Waals surface area (Å²) in [6.45, 7) is -0.578. The van der Waals surface area contributed by atoms with Gasteiger partial charge in [0, 0.05) is 21.2 Å². The van der Waals surface area contributed by atoms with E-state index in [0.29, 0.717) is 22.9 Å². The van der Waals surface area contributed by atoms with Gasteiger partial charge in [-0.3, -0.25) is 19.2 Å². The Morgan fingerprint density at radius 3 is 1.93 bits per heavy atom. The number of Topliss-reactive ketones (excluding diaryl/α,β-unsaturated/α-hetero) is 1. The van der Waals surface area contributed by atoms with Crippen molar-refractivity contribution >= 4 is 64.3 Å². The van der Waals surface area contributed by atoms with Crippen molar-refractivity contribution in [2.24, 2.45) is 11.8 Å². The van der Waals surface area contributed by atoms with Crippen LogP contribution in [0.1, 0.15) is 43.9 Å². The molecule has 1 aliphatic carbocycles. The third-order valence-electron chi connectivity index (χ3n) is 6.88. The van der Waals surface area contributed by atoms with Crippen molar-refractivity contribution in [3.05, 3.63) is 111 Å². The van der Waals surface area contributed by atoms with Gasteiger partial charge in [0.05, 0.1) is 22.4 Å². The van der Waals surface area contributed by atoms with Crippen LogP contribution in [0, 0.1) is 11.8 Å². The van der Waals surface area contributed by atoms with Gasteiger partial charge in [0.15, 0.2) is 5.78 Å². The first kappa shape index (κ1) is 28.5. The third-order valence-corrected chi connectivity index (χ3v) is 7.68. The van der Waals surface area contributed by atoms with Gasteiger partial charge in [-0.15, -0.1) is 0 Å². The number of nitrogens with zero attached hydrogens (tertiary/aromatic N) is 2. The van der Waals surface area contributed by atoms with Crippen LogP contribution < -0.4 is 4.74 Å². The van der Waals surface area contributed by atoms with Crippen LogP contribution in [-0.4, -0.2) is 46.0 Å². The Bertz CT molecular complexity index is 1560. The van der Waals surface area contributed by atoms with Crippen molar-refractivity contribution < 1.29 is 28.7 Å². The third kappa shape index (κ3) is 5.91. The van der Waals surface area contributed by atoms with Crippen LogP contribution >= 0.6 is 34.8 Å². The number of amides is 3. The normalized spacial score (nSPS) is 17.8. The molecule has 1 fully saturated rings. The van der Waals surface area contributed by atoms with E-state index in [0.717, 1.165) is 10.0 Å². The Morgan fingerprint density at radius 2 is 1.34 bits per heavy atom. The Hall–Kier alpha value is -3.98. The summed E-state index contributed by atoms with van der Waals surface area (Å²) in [7, 11) is 0. The molecule has 0 aromatic heterocycles. The molecule has 3 aromatic carbocycles. The highest BCUT2D eigenvalue weighted by Gasteiger charge is 2.51. The van der Waals surface area contributed by atoms with Crippen LogP contribution in [0.2, 0.25) is 15.1 Å². The Balaban J connectivity index is 1.36. The molecule has 0 unspecified atom stereocenters. The van der Waals surface area contributed by atoms with Crippen molar-refractivity contribution in [1.29, 1.82) is 0 Å². The van der Waals surface area contributed by atoms with Crippen molar-refractivity contribution in [3.63, 3.8) is 0 Å². The number of allylic oxidation sites excluding steroid dienone is 2. The molecule has 5 rings (SSSR count). The van der Waals surface area contributed by atoms with E-state index in [4.69, 9.17) is 39.5 Å². The van der Waals surface area contributed by atoms with Gasteiger partial charge >= 0.3 is 5.97 Å². The fourth-order valence-electron chi connectivity index (χ4n) is 4.75. The van der Waals surface area contributed by atoms with E-state index in [1.165, 1.54) is 66.7 Å². The largest absolute Gasteiger partial charge is 0.423 e. The zero-order chi connectivity index (χ0) is 29.3. The van der Waals surface area contributed by atoms with Gasteiger partial charge < -0.3 is 4.74 Å². The highest BCUT2D eigenvalue weighted by atomic mass is 35.5. The molecule has 3 aromatic rings. The molecule has 41 heavy (non-hydrogen) atoms. The first-order valence-corrected chi connectivity index (χ1v) is 13.7. The van der Waals surface area contributed by atoms with Gasteiger partial charge in [0.25, 0.3) is 17.7 Å². The molecule has 8 nitrogen and oxygen atoms in total. The molecular formula is C30H21Cl3N2O6.